The third kappa shape index (κ3) is 4.74. The lowest BCUT2D eigenvalue weighted by Gasteiger charge is -2.33. The van der Waals surface area contributed by atoms with Crippen LogP contribution >= 0.6 is 0 Å². The van der Waals surface area contributed by atoms with Gasteiger partial charge < -0.3 is 10.6 Å². The zero-order valence-electron chi connectivity index (χ0n) is 12.8. The first-order valence-electron chi connectivity index (χ1n) is 7.78. The van der Waals surface area contributed by atoms with E-state index in [1.165, 1.54) is 45.3 Å². The fraction of sp³-hybridized carbons (Fsp3) is 0.875. The van der Waals surface area contributed by atoms with Crippen LogP contribution in [0.1, 0.15) is 53.4 Å². The predicted octanol–water partition coefficient (Wildman–Crippen LogP) is 3.43. The van der Waals surface area contributed by atoms with Crippen molar-refractivity contribution in [2.24, 2.45) is 17.6 Å². The van der Waals surface area contributed by atoms with E-state index in [0.29, 0.717) is 6.04 Å². The fourth-order valence-corrected chi connectivity index (χ4v) is 3.06. The summed E-state index contributed by atoms with van der Waals surface area (Å²) in [6.07, 6.45) is 7.44. The van der Waals surface area contributed by atoms with Gasteiger partial charge in [0, 0.05) is 12.6 Å². The molecule has 0 spiro atoms. The third-order valence-corrected chi connectivity index (χ3v) is 4.34. The van der Waals surface area contributed by atoms with E-state index in [-0.39, 0.29) is 0 Å². The summed E-state index contributed by atoms with van der Waals surface area (Å²) in [6, 6.07) is 0.460. The van der Waals surface area contributed by atoms with Crippen LogP contribution in [0.4, 0.5) is 0 Å². The van der Waals surface area contributed by atoms with Gasteiger partial charge in [-0.3, -0.25) is 0 Å². The SMILES string of the molecule is CC.CC1=CCC(C(C)CN2CCC(N)CC2)C1. The summed E-state index contributed by atoms with van der Waals surface area (Å²) in [5.74, 6) is 1.73. The number of rotatable bonds is 3. The molecule has 2 unspecified atom stereocenters. The van der Waals surface area contributed by atoms with Gasteiger partial charge in [-0.1, -0.05) is 32.4 Å². The van der Waals surface area contributed by atoms with Gasteiger partial charge in [0.05, 0.1) is 0 Å². The van der Waals surface area contributed by atoms with Crippen molar-refractivity contribution in [3.05, 3.63) is 11.6 Å². The monoisotopic (exact) mass is 252 g/mol. The lowest BCUT2D eigenvalue weighted by atomic mass is 9.90. The van der Waals surface area contributed by atoms with Gasteiger partial charge in [-0.05, 0) is 57.5 Å². The largest absolute Gasteiger partial charge is 0.328 e. The second kappa shape index (κ2) is 7.96. The van der Waals surface area contributed by atoms with Crippen LogP contribution in [-0.4, -0.2) is 30.6 Å². The summed E-state index contributed by atoms with van der Waals surface area (Å²) in [5.41, 5.74) is 7.53. The number of nitrogens with two attached hydrogens (primary N) is 1. The summed E-state index contributed by atoms with van der Waals surface area (Å²) in [5, 5.41) is 0. The molecule has 2 aliphatic rings. The Bertz CT molecular complexity index is 252. The third-order valence-electron chi connectivity index (χ3n) is 4.34. The van der Waals surface area contributed by atoms with E-state index in [2.05, 4.69) is 24.8 Å². The number of hydrogen-bond donors (Lipinski definition) is 1. The van der Waals surface area contributed by atoms with Crippen molar-refractivity contribution in [2.45, 2.75) is 59.4 Å². The van der Waals surface area contributed by atoms with Crippen LogP contribution in [0, 0.1) is 11.8 Å². The molecule has 18 heavy (non-hydrogen) atoms. The molecule has 1 heterocycles. The summed E-state index contributed by atoms with van der Waals surface area (Å²) >= 11 is 0. The predicted molar refractivity (Wildman–Crippen MR) is 80.6 cm³/mol. The second-order valence-electron chi connectivity index (χ2n) is 5.87. The van der Waals surface area contributed by atoms with E-state index in [9.17, 15) is 0 Å². The van der Waals surface area contributed by atoms with Crippen LogP contribution in [0.25, 0.3) is 0 Å². The van der Waals surface area contributed by atoms with E-state index < -0.39 is 0 Å². The Morgan fingerprint density at radius 2 is 1.94 bits per heavy atom. The molecule has 2 heteroatoms. The van der Waals surface area contributed by atoms with Crippen LogP contribution in [-0.2, 0) is 0 Å². The smallest absolute Gasteiger partial charge is 0.00631 e. The van der Waals surface area contributed by atoms with Crippen molar-refractivity contribution in [1.82, 2.24) is 4.90 Å². The molecule has 1 saturated heterocycles. The standard InChI is InChI=1S/C14H26N2.C2H6/c1-11-3-4-13(9-11)12(2)10-16-7-5-14(15)6-8-16;1-2/h3,12-14H,4-10,15H2,1-2H3;1-2H3. The molecule has 2 N–H and O–H groups in total. The normalized spacial score (nSPS) is 27.4. The first kappa shape index (κ1) is 15.7. The molecule has 1 aliphatic carbocycles. The highest BCUT2D eigenvalue weighted by Crippen LogP contribution is 2.31. The van der Waals surface area contributed by atoms with Crippen LogP contribution in [0.5, 0.6) is 0 Å². The molecular formula is C16H32N2. The van der Waals surface area contributed by atoms with E-state index in [1.807, 2.05) is 13.8 Å². The first-order valence-corrected chi connectivity index (χ1v) is 7.78. The number of likely N-dealkylation sites (tertiary alicyclic amines) is 1. The Labute approximate surface area is 114 Å². The molecule has 0 aromatic carbocycles. The molecule has 106 valence electrons. The molecule has 2 nitrogen and oxygen atoms in total. The Hall–Kier alpha value is -0.340. The summed E-state index contributed by atoms with van der Waals surface area (Å²) in [6.45, 7) is 12.4. The highest BCUT2D eigenvalue weighted by molar-refractivity contribution is 5.07. The highest BCUT2D eigenvalue weighted by Gasteiger charge is 2.24. The van der Waals surface area contributed by atoms with E-state index in [1.54, 1.807) is 5.57 Å². The fourth-order valence-electron chi connectivity index (χ4n) is 3.06. The molecule has 2 atom stereocenters. The molecule has 0 aromatic rings. The zero-order chi connectivity index (χ0) is 13.5. The summed E-state index contributed by atoms with van der Waals surface area (Å²) in [7, 11) is 0. The number of piperidine rings is 1. The van der Waals surface area contributed by atoms with Gasteiger partial charge in [0.1, 0.15) is 0 Å². The van der Waals surface area contributed by atoms with Crippen molar-refractivity contribution in [3.8, 4) is 0 Å². The van der Waals surface area contributed by atoms with Crippen LogP contribution in [0.15, 0.2) is 11.6 Å². The molecular weight excluding hydrogens is 220 g/mol. The molecule has 0 saturated carbocycles. The van der Waals surface area contributed by atoms with E-state index in [0.717, 1.165) is 11.8 Å². The minimum Gasteiger partial charge on any atom is -0.328 e. The van der Waals surface area contributed by atoms with Gasteiger partial charge in [0.2, 0.25) is 0 Å². The topological polar surface area (TPSA) is 29.3 Å². The van der Waals surface area contributed by atoms with Crippen molar-refractivity contribution >= 4 is 0 Å². The van der Waals surface area contributed by atoms with Crippen molar-refractivity contribution in [3.63, 3.8) is 0 Å². The van der Waals surface area contributed by atoms with Gasteiger partial charge >= 0.3 is 0 Å². The maximum Gasteiger partial charge on any atom is 0.00631 e. The first-order chi connectivity index (χ1) is 8.65. The number of hydrogen-bond acceptors (Lipinski definition) is 2. The van der Waals surface area contributed by atoms with Crippen molar-refractivity contribution in [2.75, 3.05) is 19.6 Å². The van der Waals surface area contributed by atoms with Crippen LogP contribution < -0.4 is 5.73 Å². The average molecular weight is 252 g/mol. The molecule has 1 fully saturated rings. The van der Waals surface area contributed by atoms with E-state index >= 15 is 0 Å². The Morgan fingerprint density at radius 3 is 2.44 bits per heavy atom. The van der Waals surface area contributed by atoms with Gasteiger partial charge in [-0.25, -0.2) is 0 Å². The van der Waals surface area contributed by atoms with Crippen LogP contribution in [0.3, 0.4) is 0 Å². The molecule has 0 radical (unpaired) electrons. The lowest BCUT2D eigenvalue weighted by Crippen LogP contribution is -2.42. The lowest BCUT2D eigenvalue weighted by molar-refractivity contribution is 0.165. The van der Waals surface area contributed by atoms with Crippen molar-refractivity contribution in [1.29, 1.82) is 0 Å². The quantitative estimate of drug-likeness (QED) is 0.780. The van der Waals surface area contributed by atoms with Gasteiger partial charge in [-0.15, -0.1) is 0 Å². The maximum atomic E-state index is 5.93. The molecule has 0 amide bonds. The number of nitrogens with zero attached hydrogens (tertiary/aromatic N) is 1. The molecule has 2 rings (SSSR count). The van der Waals surface area contributed by atoms with Crippen molar-refractivity contribution < 1.29 is 0 Å². The average Bonchev–Trinajstić information content (AvgIpc) is 2.81. The van der Waals surface area contributed by atoms with Gasteiger partial charge in [0.15, 0.2) is 0 Å². The maximum absolute atomic E-state index is 5.93. The Morgan fingerprint density at radius 1 is 1.33 bits per heavy atom. The minimum atomic E-state index is 0.460. The summed E-state index contributed by atoms with van der Waals surface area (Å²) < 4.78 is 0. The van der Waals surface area contributed by atoms with Gasteiger partial charge in [0.25, 0.3) is 0 Å². The zero-order valence-corrected chi connectivity index (χ0v) is 12.8. The molecule has 1 aliphatic heterocycles. The minimum absolute atomic E-state index is 0.460. The Kier molecular flexibility index (Phi) is 6.95. The Balaban J connectivity index is 0.000000771. The summed E-state index contributed by atoms with van der Waals surface area (Å²) in [4.78, 5) is 2.61. The van der Waals surface area contributed by atoms with E-state index in [4.69, 9.17) is 5.73 Å². The van der Waals surface area contributed by atoms with Crippen LogP contribution in [0.2, 0.25) is 0 Å². The number of allylic oxidation sites excluding steroid dienone is 2. The molecule has 0 aromatic heterocycles. The molecule has 0 bridgehead atoms. The second-order valence-corrected chi connectivity index (χ2v) is 5.87. The van der Waals surface area contributed by atoms with Gasteiger partial charge in [-0.2, -0.15) is 0 Å². The highest BCUT2D eigenvalue weighted by atomic mass is 15.1.